The maximum absolute atomic E-state index is 11.9. The largest absolute Gasteiger partial charge is 0.484 e. The van der Waals surface area contributed by atoms with Crippen LogP contribution in [0, 0.1) is 6.92 Å². The zero-order chi connectivity index (χ0) is 17.2. The first-order chi connectivity index (χ1) is 11.7. The van der Waals surface area contributed by atoms with Gasteiger partial charge in [-0.25, -0.2) is 4.98 Å². The molecular formula is C18H23N3O3. The van der Waals surface area contributed by atoms with E-state index in [0.717, 1.165) is 24.3 Å². The summed E-state index contributed by atoms with van der Waals surface area (Å²) in [6, 6.07) is 11.2. The van der Waals surface area contributed by atoms with Crippen LogP contribution < -0.4 is 15.4 Å². The van der Waals surface area contributed by atoms with Crippen LogP contribution in [-0.4, -0.2) is 37.8 Å². The fraction of sp³-hybridized carbons (Fsp3) is 0.333. The maximum atomic E-state index is 11.9. The Labute approximate surface area is 142 Å². The van der Waals surface area contributed by atoms with Crippen LogP contribution in [0.3, 0.4) is 0 Å². The Bertz CT molecular complexity index is 627. The van der Waals surface area contributed by atoms with Crippen LogP contribution in [0.1, 0.15) is 12.0 Å². The van der Waals surface area contributed by atoms with Crippen molar-refractivity contribution >= 4 is 17.4 Å². The normalized spacial score (nSPS) is 10.2. The summed E-state index contributed by atoms with van der Waals surface area (Å²) < 4.78 is 10.4. The number of carbonyl (C=O) groups excluding carboxylic acids is 1. The van der Waals surface area contributed by atoms with Crippen molar-refractivity contribution in [1.29, 1.82) is 0 Å². The molecule has 0 spiro atoms. The second kappa shape index (κ2) is 9.52. The molecule has 1 aromatic carbocycles. The van der Waals surface area contributed by atoms with Crippen molar-refractivity contribution in [2.24, 2.45) is 0 Å². The van der Waals surface area contributed by atoms with Gasteiger partial charge in [0.15, 0.2) is 6.61 Å². The Kier molecular flexibility index (Phi) is 7.04. The number of aryl methyl sites for hydroxylation is 1. The molecule has 1 aromatic heterocycles. The molecule has 24 heavy (non-hydrogen) atoms. The number of aromatic nitrogens is 1. The molecule has 0 bridgehead atoms. The lowest BCUT2D eigenvalue weighted by molar-refractivity contribution is -0.118. The first-order valence-corrected chi connectivity index (χ1v) is 7.85. The lowest BCUT2D eigenvalue weighted by Crippen LogP contribution is -2.20. The SMILES string of the molecule is COCCCNc1ccc(NC(=O)COc2ccc(C)cc2)cn1. The lowest BCUT2D eigenvalue weighted by atomic mass is 10.2. The van der Waals surface area contributed by atoms with E-state index < -0.39 is 0 Å². The highest BCUT2D eigenvalue weighted by Crippen LogP contribution is 2.12. The van der Waals surface area contributed by atoms with Gasteiger partial charge in [0.05, 0.1) is 11.9 Å². The van der Waals surface area contributed by atoms with Crippen molar-refractivity contribution < 1.29 is 14.3 Å². The van der Waals surface area contributed by atoms with E-state index in [-0.39, 0.29) is 12.5 Å². The van der Waals surface area contributed by atoms with E-state index in [1.807, 2.05) is 37.3 Å². The van der Waals surface area contributed by atoms with Gasteiger partial charge in [0, 0.05) is 20.3 Å². The minimum Gasteiger partial charge on any atom is -0.484 e. The van der Waals surface area contributed by atoms with E-state index >= 15 is 0 Å². The third-order valence-corrected chi connectivity index (χ3v) is 3.27. The summed E-state index contributed by atoms with van der Waals surface area (Å²) in [4.78, 5) is 16.1. The van der Waals surface area contributed by atoms with Crippen molar-refractivity contribution in [3.05, 3.63) is 48.2 Å². The molecule has 128 valence electrons. The second-order valence-corrected chi connectivity index (χ2v) is 5.36. The molecule has 0 unspecified atom stereocenters. The summed E-state index contributed by atoms with van der Waals surface area (Å²) in [5, 5.41) is 5.94. The zero-order valence-corrected chi connectivity index (χ0v) is 14.0. The van der Waals surface area contributed by atoms with Gasteiger partial charge in [-0.3, -0.25) is 4.79 Å². The number of anilines is 2. The Morgan fingerprint density at radius 3 is 2.62 bits per heavy atom. The predicted molar refractivity (Wildman–Crippen MR) is 94.5 cm³/mol. The number of pyridine rings is 1. The molecule has 6 nitrogen and oxygen atoms in total. The highest BCUT2D eigenvalue weighted by Gasteiger charge is 2.04. The van der Waals surface area contributed by atoms with Crippen LogP contribution in [-0.2, 0) is 9.53 Å². The monoisotopic (exact) mass is 329 g/mol. The van der Waals surface area contributed by atoms with E-state index in [2.05, 4.69) is 15.6 Å². The van der Waals surface area contributed by atoms with Gasteiger partial charge in [-0.1, -0.05) is 17.7 Å². The van der Waals surface area contributed by atoms with E-state index in [0.29, 0.717) is 18.0 Å². The number of amides is 1. The summed E-state index contributed by atoms with van der Waals surface area (Å²) >= 11 is 0. The summed E-state index contributed by atoms with van der Waals surface area (Å²) in [7, 11) is 1.68. The van der Waals surface area contributed by atoms with Crippen molar-refractivity contribution in [2.75, 3.05) is 37.5 Å². The van der Waals surface area contributed by atoms with Gasteiger partial charge in [-0.05, 0) is 37.6 Å². The topological polar surface area (TPSA) is 72.5 Å². The van der Waals surface area contributed by atoms with Gasteiger partial charge in [-0.2, -0.15) is 0 Å². The van der Waals surface area contributed by atoms with Crippen LogP contribution in [0.2, 0.25) is 0 Å². The smallest absolute Gasteiger partial charge is 0.262 e. The number of rotatable bonds is 9. The van der Waals surface area contributed by atoms with E-state index in [1.54, 1.807) is 19.4 Å². The van der Waals surface area contributed by atoms with Crippen LogP contribution >= 0.6 is 0 Å². The minimum atomic E-state index is -0.224. The van der Waals surface area contributed by atoms with E-state index in [1.165, 1.54) is 0 Å². The number of hydrogen-bond acceptors (Lipinski definition) is 5. The Hall–Kier alpha value is -2.60. The summed E-state index contributed by atoms with van der Waals surface area (Å²) in [5.74, 6) is 1.21. The Balaban J connectivity index is 1.74. The van der Waals surface area contributed by atoms with Crippen molar-refractivity contribution in [3.8, 4) is 5.75 Å². The quantitative estimate of drug-likeness (QED) is 0.692. The van der Waals surface area contributed by atoms with Gasteiger partial charge in [0.1, 0.15) is 11.6 Å². The number of methoxy groups -OCH3 is 1. The van der Waals surface area contributed by atoms with Crippen molar-refractivity contribution in [1.82, 2.24) is 4.98 Å². The maximum Gasteiger partial charge on any atom is 0.262 e. The minimum absolute atomic E-state index is 0.0416. The van der Waals surface area contributed by atoms with Crippen LogP contribution in [0.15, 0.2) is 42.6 Å². The van der Waals surface area contributed by atoms with Gasteiger partial charge in [-0.15, -0.1) is 0 Å². The van der Waals surface area contributed by atoms with Gasteiger partial charge in [0.2, 0.25) is 0 Å². The molecular weight excluding hydrogens is 306 g/mol. The van der Waals surface area contributed by atoms with E-state index in [4.69, 9.17) is 9.47 Å². The molecule has 6 heteroatoms. The van der Waals surface area contributed by atoms with Gasteiger partial charge >= 0.3 is 0 Å². The second-order valence-electron chi connectivity index (χ2n) is 5.36. The molecule has 0 aliphatic carbocycles. The Morgan fingerprint density at radius 1 is 1.17 bits per heavy atom. The van der Waals surface area contributed by atoms with Crippen LogP contribution in [0.5, 0.6) is 5.75 Å². The first-order valence-electron chi connectivity index (χ1n) is 7.85. The van der Waals surface area contributed by atoms with Gasteiger partial charge in [0.25, 0.3) is 5.91 Å². The fourth-order valence-corrected chi connectivity index (χ4v) is 1.99. The highest BCUT2D eigenvalue weighted by molar-refractivity contribution is 5.91. The lowest BCUT2D eigenvalue weighted by Gasteiger charge is -2.09. The number of benzene rings is 1. The highest BCUT2D eigenvalue weighted by atomic mass is 16.5. The summed E-state index contributed by atoms with van der Waals surface area (Å²) in [5.41, 5.74) is 1.78. The Morgan fingerprint density at radius 2 is 1.96 bits per heavy atom. The number of hydrogen-bond donors (Lipinski definition) is 2. The molecule has 1 heterocycles. The van der Waals surface area contributed by atoms with Crippen molar-refractivity contribution in [3.63, 3.8) is 0 Å². The van der Waals surface area contributed by atoms with Gasteiger partial charge < -0.3 is 20.1 Å². The number of nitrogens with one attached hydrogen (secondary N) is 2. The molecule has 2 aromatic rings. The van der Waals surface area contributed by atoms with Crippen LogP contribution in [0.4, 0.5) is 11.5 Å². The molecule has 0 atom stereocenters. The number of nitrogens with zero attached hydrogens (tertiary/aromatic N) is 1. The average molecular weight is 329 g/mol. The predicted octanol–water partition coefficient (Wildman–Crippen LogP) is 2.86. The van der Waals surface area contributed by atoms with Crippen molar-refractivity contribution in [2.45, 2.75) is 13.3 Å². The molecule has 0 saturated carbocycles. The molecule has 1 amide bonds. The third kappa shape index (κ3) is 6.26. The average Bonchev–Trinajstić information content (AvgIpc) is 2.60. The number of ether oxygens (including phenoxy) is 2. The fourth-order valence-electron chi connectivity index (χ4n) is 1.99. The molecule has 2 rings (SSSR count). The van der Waals surface area contributed by atoms with Crippen LogP contribution in [0.25, 0.3) is 0 Å². The summed E-state index contributed by atoms with van der Waals surface area (Å²) in [6.07, 6.45) is 2.52. The molecule has 2 N–H and O–H groups in total. The first kappa shape index (κ1) is 17.7. The third-order valence-electron chi connectivity index (χ3n) is 3.27. The zero-order valence-electron chi connectivity index (χ0n) is 14.0. The summed E-state index contributed by atoms with van der Waals surface area (Å²) in [6.45, 7) is 3.46. The molecule has 0 fully saturated rings. The number of carbonyl (C=O) groups is 1. The molecule has 0 aliphatic heterocycles. The molecule has 0 radical (unpaired) electrons. The molecule has 0 saturated heterocycles. The van der Waals surface area contributed by atoms with E-state index in [9.17, 15) is 4.79 Å². The molecule has 0 aliphatic rings. The standard InChI is InChI=1S/C18H23N3O3/c1-14-4-7-16(8-5-14)24-13-18(22)21-15-6-9-17(20-12-15)19-10-3-11-23-2/h4-9,12H,3,10-11,13H2,1-2H3,(H,19,20)(H,21,22).